The molecule has 0 radical (unpaired) electrons. The molecule has 6 atom stereocenters. The van der Waals surface area contributed by atoms with E-state index in [0.29, 0.717) is 64.0 Å². The van der Waals surface area contributed by atoms with Crippen molar-refractivity contribution < 1.29 is 27.6 Å². The van der Waals surface area contributed by atoms with E-state index in [4.69, 9.17) is 19.1 Å². The second-order valence-electron chi connectivity index (χ2n) is 19.5. The number of nitrogens with zero attached hydrogens (tertiary/aromatic N) is 9. The highest BCUT2D eigenvalue weighted by molar-refractivity contribution is 6.00. The molecule has 3 fully saturated rings. The van der Waals surface area contributed by atoms with E-state index in [9.17, 15) is 9.59 Å². The van der Waals surface area contributed by atoms with Gasteiger partial charge in [-0.3, -0.25) is 28.1 Å². The summed E-state index contributed by atoms with van der Waals surface area (Å²) in [6.07, 6.45) is 6.04. The number of amides is 1. The summed E-state index contributed by atoms with van der Waals surface area (Å²) in [5.41, 5.74) is 3.61. The molecule has 1 amide bonds. The normalized spacial score (nSPS) is 24.3. The molecule has 4 aliphatic rings. The number of hydrogen-bond acceptors (Lipinski definition) is 9. The van der Waals surface area contributed by atoms with Crippen molar-refractivity contribution in [3.05, 3.63) is 139 Å². The Morgan fingerprint density at radius 3 is 2.37 bits per heavy atom. The van der Waals surface area contributed by atoms with Gasteiger partial charge in [0.15, 0.2) is 11.6 Å². The number of carbonyl (C=O) groups is 1. The van der Waals surface area contributed by atoms with Crippen LogP contribution in [0.25, 0.3) is 39.0 Å². The maximum Gasteiger partial charge on any atom is 0.438 e. The minimum absolute atomic E-state index is 0.0307. The smallest absolute Gasteiger partial charge is 0.376 e. The molecule has 3 aromatic carbocycles. The Labute approximate surface area is 381 Å². The molecule has 18 heteroatoms. The molecule has 1 saturated carbocycles. The number of benzene rings is 3. The summed E-state index contributed by atoms with van der Waals surface area (Å²) in [7, 11) is 1.72. The summed E-state index contributed by atoms with van der Waals surface area (Å²) in [6.45, 7) is 12.4. The fourth-order valence-corrected chi connectivity index (χ4v) is 11.4. The Hall–Kier alpha value is -6.92. The second kappa shape index (κ2) is 14.3. The minimum Gasteiger partial charge on any atom is -0.376 e. The first-order valence-electron chi connectivity index (χ1n) is 22.7. The number of aromatic amines is 1. The number of carbonyl (C=O) groups excluding carboxylic acids is 1. The Balaban J connectivity index is 1.03. The second-order valence-corrected chi connectivity index (χ2v) is 19.5. The third-order valence-electron chi connectivity index (χ3n) is 14.9. The molecule has 1 N–H and O–H groups in total. The Kier molecular flexibility index (Phi) is 8.85. The number of fused-ring (bicyclic) bond motifs is 5. The van der Waals surface area contributed by atoms with Crippen molar-refractivity contribution in [1.29, 1.82) is 0 Å². The minimum atomic E-state index is -0.899. The molecule has 1 aliphatic carbocycles. The topological polar surface area (TPSA) is 165 Å². The summed E-state index contributed by atoms with van der Waals surface area (Å²) in [4.78, 5) is 47.7. The molecule has 5 aromatic heterocycles. The van der Waals surface area contributed by atoms with Gasteiger partial charge in [0, 0.05) is 42.5 Å². The maximum absolute atomic E-state index is 16.2. The van der Waals surface area contributed by atoms with Gasteiger partial charge in [-0.05, 0) is 125 Å². The van der Waals surface area contributed by atoms with Crippen molar-refractivity contribution in [2.24, 2.45) is 13.0 Å². The zero-order valence-electron chi connectivity index (χ0n) is 38.0. The van der Waals surface area contributed by atoms with Gasteiger partial charge in [-0.1, -0.05) is 18.1 Å². The summed E-state index contributed by atoms with van der Waals surface area (Å²) in [5.74, 6) is -1.54. The highest BCUT2D eigenvalue weighted by atomic mass is 19.1. The van der Waals surface area contributed by atoms with Crippen LogP contribution in [0.15, 0.2) is 81.2 Å². The van der Waals surface area contributed by atoms with E-state index in [1.54, 1.807) is 65.6 Å². The summed E-state index contributed by atoms with van der Waals surface area (Å²) in [6, 6.07) is 14.1. The van der Waals surface area contributed by atoms with Crippen LogP contribution >= 0.6 is 0 Å². The Bertz CT molecular complexity index is 3490. The van der Waals surface area contributed by atoms with E-state index in [0.717, 1.165) is 29.3 Å². The first kappa shape index (κ1) is 41.5. The standard InChI is InChI=1S/C49H48F2N10O6/c1-24-16-31(17-25(2)39(24)50)61-42(58-14-13-57(47(58)64)36-11-10-35-32(40(36)51)22-52-56(35)7)38-27(4)59(44-33(23-65-44)41(38)54-61)43(62)37-19-30-18-28(29-12-15-66-48(5,6)21-29)8-9-34(30)60(37)49(20-26(49)3)45-53-46(63)67-55-45/h8-11,13-14,16-19,22,26-27,29,33,44H,12,15,20-21,23H2,1-7H3,(H,53,55,63)/t26-,27-,29-,33?,44?,49-/m0/s1. The number of ether oxygens (including phenoxy) is 2. The number of rotatable bonds is 7. The van der Waals surface area contributed by atoms with E-state index in [1.807, 2.05) is 17.6 Å². The Morgan fingerprint density at radius 2 is 1.69 bits per heavy atom. The van der Waals surface area contributed by atoms with Crippen molar-refractivity contribution in [1.82, 2.24) is 48.3 Å². The third-order valence-corrected chi connectivity index (χ3v) is 14.9. The third kappa shape index (κ3) is 5.94. The number of H-pyrrole nitrogens is 1. The average Bonchev–Trinajstić information content (AvgIpc) is 3.91. The quantitative estimate of drug-likeness (QED) is 0.172. The SMILES string of the molecule is Cc1cc(-n2nc3c(c2-n2ccn(-c4ccc5c(cnn5C)c4F)c2=O)[C@H](C)N(C(=O)c2cc4cc([C@H]5CCOC(C)(C)C5)ccc4n2[C@@]2(c4noc(=O)[nH]4)C[C@@H]2C)C2OCC32)cc(C)c1F. The van der Waals surface area contributed by atoms with Gasteiger partial charge in [0.25, 0.3) is 5.91 Å². The van der Waals surface area contributed by atoms with Crippen molar-refractivity contribution >= 4 is 27.7 Å². The molecule has 67 heavy (non-hydrogen) atoms. The Morgan fingerprint density at radius 1 is 0.940 bits per heavy atom. The highest BCUT2D eigenvalue weighted by Crippen LogP contribution is 2.57. The van der Waals surface area contributed by atoms with Crippen molar-refractivity contribution in [3.8, 4) is 17.2 Å². The number of nitrogens with one attached hydrogen (secondary N) is 1. The van der Waals surface area contributed by atoms with Crippen LogP contribution in [-0.2, 0) is 22.1 Å². The van der Waals surface area contributed by atoms with Gasteiger partial charge >= 0.3 is 11.4 Å². The lowest BCUT2D eigenvalue weighted by Crippen LogP contribution is -2.57. The van der Waals surface area contributed by atoms with Crippen LogP contribution in [0, 0.1) is 31.4 Å². The molecule has 2 saturated heterocycles. The van der Waals surface area contributed by atoms with E-state index in [-0.39, 0.29) is 46.8 Å². The zero-order valence-corrected chi connectivity index (χ0v) is 38.0. The van der Waals surface area contributed by atoms with Crippen LogP contribution in [0.5, 0.6) is 0 Å². The molecular weight excluding hydrogens is 863 g/mol. The number of imidazole rings is 1. The molecule has 3 aliphatic heterocycles. The van der Waals surface area contributed by atoms with Gasteiger partial charge in [0.2, 0.25) is 0 Å². The van der Waals surface area contributed by atoms with Crippen molar-refractivity contribution in [2.75, 3.05) is 13.2 Å². The highest BCUT2D eigenvalue weighted by Gasteiger charge is 2.60. The fraction of sp³-hybridized carbons (Fsp3) is 0.388. The molecule has 0 spiro atoms. The summed E-state index contributed by atoms with van der Waals surface area (Å²) >= 11 is 0. The lowest BCUT2D eigenvalue weighted by molar-refractivity contribution is -0.168. The number of aryl methyl sites for hydroxylation is 3. The molecule has 8 aromatic rings. The van der Waals surface area contributed by atoms with E-state index < -0.39 is 41.0 Å². The lowest BCUT2D eigenvalue weighted by Gasteiger charge is -2.49. The van der Waals surface area contributed by atoms with Crippen LogP contribution in [0.2, 0.25) is 0 Å². The van der Waals surface area contributed by atoms with Crippen molar-refractivity contribution in [3.63, 3.8) is 0 Å². The van der Waals surface area contributed by atoms with E-state index in [1.165, 1.54) is 21.5 Å². The monoisotopic (exact) mass is 910 g/mol. The van der Waals surface area contributed by atoms with Gasteiger partial charge in [-0.25, -0.2) is 23.1 Å². The maximum atomic E-state index is 16.2. The summed E-state index contributed by atoms with van der Waals surface area (Å²) < 4.78 is 56.7. The summed E-state index contributed by atoms with van der Waals surface area (Å²) in [5, 5.41) is 14.7. The largest absolute Gasteiger partial charge is 0.438 e. The van der Waals surface area contributed by atoms with Gasteiger partial charge < -0.3 is 18.9 Å². The van der Waals surface area contributed by atoms with Crippen molar-refractivity contribution in [2.45, 2.75) is 96.1 Å². The zero-order chi connectivity index (χ0) is 46.6. The number of halogens is 2. The van der Waals surface area contributed by atoms with Crippen LogP contribution < -0.4 is 11.4 Å². The predicted molar refractivity (Wildman–Crippen MR) is 241 cm³/mol. The molecule has 0 bridgehead atoms. The first-order valence-corrected chi connectivity index (χ1v) is 22.7. The lowest BCUT2D eigenvalue weighted by atomic mass is 9.83. The van der Waals surface area contributed by atoms with Crippen LogP contribution in [-0.4, -0.2) is 79.3 Å². The molecule has 8 heterocycles. The molecule has 344 valence electrons. The molecular formula is C49H48F2N10O6. The van der Waals surface area contributed by atoms with E-state index >= 15 is 13.6 Å². The average molecular weight is 911 g/mol. The predicted octanol–water partition coefficient (Wildman–Crippen LogP) is 7.34. The molecule has 16 nitrogen and oxygen atoms in total. The van der Waals surface area contributed by atoms with Gasteiger partial charge in [-0.15, -0.1) is 0 Å². The van der Waals surface area contributed by atoms with Gasteiger partial charge in [0.1, 0.15) is 29.1 Å². The van der Waals surface area contributed by atoms with Crippen LogP contribution in [0.4, 0.5) is 8.78 Å². The molecule has 2 unspecified atom stereocenters. The van der Waals surface area contributed by atoms with Crippen LogP contribution in [0.3, 0.4) is 0 Å². The number of hydrogen-bond donors (Lipinski definition) is 1. The first-order chi connectivity index (χ1) is 32.1. The fourth-order valence-electron chi connectivity index (χ4n) is 11.4. The van der Waals surface area contributed by atoms with Gasteiger partial charge in [0.05, 0.1) is 58.3 Å². The van der Waals surface area contributed by atoms with Crippen LogP contribution in [0.1, 0.15) is 109 Å². The van der Waals surface area contributed by atoms with Gasteiger partial charge in [-0.2, -0.15) is 10.2 Å². The number of aromatic nitrogens is 9. The molecule has 12 rings (SSSR count). The van der Waals surface area contributed by atoms with E-state index in [2.05, 4.69) is 54.2 Å².